The van der Waals surface area contributed by atoms with Crippen molar-refractivity contribution in [2.45, 2.75) is 41.7 Å². The van der Waals surface area contributed by atoms with Crippen LogP contribution >= 0.6 is 0 Å². The highest BCUT2D eigenvalue weighted by molar-refractivity contribution is 7.94. The molecule has 0 N–H and O–H groups in total. The lowest BCUT2D eigenvalue weighted by Gasteiger charge is -2.63. The minimum atomic E-state index is -3.07. The highest BCUT2D eigenvalue weighted by Crippen LogP contribution is 2.59. The van der Waals surface area contributed by atoms with Gasteiger partial charge in [0.05, 0.1) is 24.0 Å². The van der Waals surface area contributed by atoms with Gasteiger partial charge in [0.1, 0.15) is 5.25 Å². The van der Waals surface area contributed by atoms with E-state index < -0.39 is 9.84 Å². The standard InChI is InChI=1S/C17H23NO3S/c19-22(20)15-8-4-5-9-17(15,18-10-12-21-13-11-18)16(22)14-6-2-1-3-7-14/h1-3,6-7,15-16H,4-5,8-13H2. The van der Waals surface area contributed by atoms with Crippen LogP contribution in [0.4, 0.5) is 0 Å². The first-order chi connectivity index (χ1) is 10.7. The molecule has 3 unspecified atom stereocenters. The topological polar surface area (TPSA) is 46.6 Å². The summed E-state index contributed by atoms with van der Waals surface area (Å²) in [5.41, 5.74) is 0.773. The molecule has 1 aromatic rings. The van der Waals surface area contributed by atoms with Crippen molar-refractivity contribution in [3.05, 3.63) is 35.9 Å². The van der Waals surface area contributed by atoms with Crippen LogP contribution in [0.15, 0.2) is 30.3 Å². The second-order valence-corrected chi connectivity index (χ2v) is 8.92. The molecule has 3 atom stereocenters. The second-order valence-electron chi connectivity index (χ2n) is 6.70. The SMILES string of the molecule is O=S1(=O)C2CCCCC2(N2CCOCC2)C1c1ccccc1. The van der Waals surface area contributed by atoms with Crippen LogP contribution in [0.3, 0.4) is 0 Å². The van der Waals surface area contributed by atoms with Crippen molar-refractivity contribution in [1.29, 1.82) is 0 Å². The average molecular weight is 321 g/mol. The molecular weight excluding hydrogens is 298 g/mol. The molecule has 120 valence electrons. The summed E-state index contributed by atoms with van der Waals surface area (Å²) in [5, 5.41) is -0.540. The third-order valence-corrected chi connectivity index (χ3v) is 8.51. The van der Waals surface area contributed by atoms with Gasteiger partial charge in [-0.05, 0) is 18.4 Å². The molecule has 3 aliphatic rings. The van der Waals surface area contributed by atoms with Crippen molar-refractivity contribution in [1.82, 2.24) is 4.90 Å². The molecule has 2 aliphatic heterocycles. The molecular formula is C17H23NO3S. The summed E-state index contributed by atoms with van der Waals surface area (Å²) in [4.78, 5) is 2.43. The highest BCUT2D eigenvalue weighted by atomic mass is 32.2. The third-order valence-electron chi connectivity index (χ3n) is 5.73. The van der Waals surface area contributed by atoms with E-state index in [-0.39, 0.29) is 16.0 Å². The lowest BCUT2D eigenvalue weighted by molar-refractivity contribution is -0.0483. The number of nitrogens with zero attached hydrogens (tertiary/aromatic N) is 1. The smallest absolute Gasteiger partial charge is 0.163 e. The van der Waals surface area contributed by atoms with Gasteiger partial charge in [-0.25, -0.2) is 8.42 Å². The lowest BCUT2D eigenvalue weighted by atomic mass is 9.73. The predicted octanol–water partition coefficient (Wildman–Crippen LogP) is 2.17. The lowest BCUT2D eigenvalue weighted by Crippen LogP contribution is -2.75. The van der Waals surface area contributed by atoms with E-state index in [4.69, 9.17) is 4.74 Å². The van der Waals surface area contributed by atoms with Gasteiger partial charge in [-0.1, -0.05) is 43.2 Å². The molecule has 0 amide bonds. The van der Waals surface area contributed by atoms with Crippen molar-refractivity contribution >= 4 is 9.84 Å². The van der Waals surface area contributed by atoms with E-state index in [1.807, 2.05) is 30.3 Å². The van der Waals surface area contributed by atoms with E-state index >= 15 is 0 Å². The largest absolute Gasteiger partial charge is 0.379 e. The molecule has 2 saturated heterocycles. The Morgan fingerprint density at radius 1 is 1.09 bits per heavy atom. The predicted molar refractivity (Wildman–Crippen MR) is 85.5 cm³/mol. The van der Waals surface area contributed by atoms with Crippen LogP contribution in [0.2, 0.25) is 0 Å². The van der Waals surface area contributed by atoms with Crippen LogP contribution in [0.5, 0.6) is 0 Å². The molecule has 5 heteroatoms. The monoisotopic (exact) mass is 321 g/mol. The minimum absolute atomic E-state index is 0.183. The zero-order chi connectivity index (χ0) is 15.2. The van der Waals surface area contributed by atoms with Gasteiger partial charge < -0.3 is 4.74 Å². The molecule has 1 saturated carbocycles. The quantitative estimate of drug-likeness (QED) is 0.837. The number of rotatable bonds is 2. The van der Waals surface area contributed by atoms with Crippen LogP contribution in [0, 0.1) is 0 Å². The average Bonchev–Trinajstić information content (AvgIpc) is 2.56. The number of benzene rings is 1. The van der Waals surface area contributed by atoms with Crippen molar-refractivity contribution in [2.24, 2.45) is 0 Å². The number of hydrogen-bond donors (Lipinski definition) is 0. The van der Waals surface area contributed by atoms with E-state index in [0.29, 0.717) is 0 Å². The van der Waals surface area contributed by atoms with Crippen molar-refractivity contribution in [2.75, 3.05) is 26.3 Å². The summed E-state index contributed by atoms with van der Waals surface area (Å²) in [6, 6.07) is 9.82. The van der Waals surface area contributed by atoms with Gasteiger partial charge in [0.2, 0.25) is 0 Å². The molecule has 0 bridgehead atoms. The maximum absolute atomic E-state index is 13.0. The van der Waals surface area contributed by atoms with Gasteiger partial charge in [0.15, 0.2) is 9.84 Å². The normalized spacial score (nSPS) is 38.0. The Hall–Kier alpha value is -0.910. The highest BCUT2D eigenvalue weighted by Gasteiger charge is 2.69. The first-order valence-corrected chi connectivity index (χ1v) is 9.89. The Morgan fingerprint density at radius 2 is 1.82 bits per heavy atom. The second kappa shape index (κ2) is 5.32. The Bertz CT molecular complexity index is 639. The number of sulfone groups is 1. The van der Waals surface area contributed by atoms with Crippen molar-refractivity contribution < 1.29 is 13.2 Å². The molecule has 0 aromatic heterocycles. The van der Waals surface area contributed by atoms with E-state index in [2.05, 4.69) is 4.90 Å². The van der Waals surface area contributed by atoms with Crippen LogP contribution in [-0.2, 0) is 14.6 Å². The van der Waals surface area contributed by atoms with E-state index in [1.54, 1.807) is 0 Å². The summed E-state index contributed by atoms with van der Waals surface area (Å²) in [6.45, 7) is 3.15. The summed E-state index contributed by atoms with van der Waals surface area (Å²) in [5.74, 6) is 0. The van der Waals surface area contributed by atoms with Crippen molar-refractivity contribution in [3.63, 3.8) is 0 Å². The maximum Gasteiger partial charge on any atom is 0.163 e. The Kier molecular flexibility index (Phi) is 3.55. The van der Waals surface area contributed by atoms with E-state index in [9.17, 15) is 8.42 Å². The summed E-state index contributed by atoms with van der Waals surface area (Å²) in [6.07, 6.45) is 3.99. The molecule has 1 aromatic carbocycles. The summed E-state index contributed by atoms with van der Waals surface area (Å²) in [7, 11) is -3.07. The van der Waals surface area contributed by atoms with Crippen LogP contribution in [-0.4, -0.2) is 50.4 Å². The third kappa shape index (κ3) is 1.92. The molecule has 3 fully saturated rings. The zero-order valence-electron chi connectivity index (χ0n) is 12.8. The molecule has 4 nitrogen and oxygen atoms in total. The van der Waals surface area contributed by atoms with Gasteiger partial charge in [-0.15, -0.1) is 0 Å². The van der Waals surface area contributed by atoms with Gasteiger partial charge in [-0.3, -0.25) is 4.90 Å². The summed E-state index contributed by atoms with van der Waals surface area (Å²) >= 11 is 0. The van der Waals surface area contributed by atoms with Crippen LogP contribution in [0.1, 0.15) is 36.5 Å². The minimum Gasteiger partial charge on any atom is -0.379 e. The first-order valence-electron chi connectivity index (χ1n) is 8.28. The number of ether oxygens (including phenoxy) is 1. The maximum atomic E-state index is 13.0. The van der Waals surface area contributed by atoms with Gasteiger partial charge >= 0.3 is 0 Å². The van der Waals surface area contributed by atoms with Crippen LogP contribution in [0.25, 0.3) is 0 Å². The number of hydrogen-bond acceptors (Lipinski definition) is 4. The molecule has 0 radical (unpaired) electrons. The zero-order valence-corrected chi connectivity index (χ0v) is 13.6. The van der Waals surface area contributed by atoms with Gasteiger partial charge in [0, 0.05) is 13.1 Å². The van der Waals surface area contributed by atoms with E-state index in [1.165, 1.54) is 0 Å². The molecule has 1 aliphatic carbocycles. The first kappa shape index (κ1) is 14.7. The van der Waals surface area contributed by atoms with Crippen molar-refractivity contribution in [3.8, 4) is 0 Å². The fourth-order valence-electron chi connectivity index (χ4n) is 4.89. The molecule has 4 rings (SSSR count). The van der Waals surface area contributed by atoms with Gasteiger partial charge in [-0.2, -0.15) is 0 Å². The van der Waals surface area contributed by atoms with E-state index in [0.717, 1.165) is 57.6 Å². The number of fused-ring (bicyclic) bond motifs is 1. The van der Waals surface area contributed by atoms with Gasteiger partial charge in [0.25, 0.3) is 0 Å². The molecule has 2 heterocycles. The fraction of sp³-hybridized carbons (Fsp3) is 0.647. The number of morpholine rings is 1. The summed E-state index contributed by atoms with van der Waals surface area (Å²) < 4.78 is 31.4. The van der Waals surface area contributed by atoms with Crippen LogP contribution < -0.4 is 0 Å². The Balaban J connectivity index is 1.79. The Labute approximate surface area is 132 Å². The fourth-order valence-corrected chi connectivity index (χ4v) is 7.99. The molecule has 22 heavy (non-hydrogen) atoms. The molecule has 0 spiro atoms. The Morgan fingerprint density at radius 3 is 2.55 bits per heavy atom.